The molecule has 2 amide bonds. The van der Waals surface area contributed by atoms with Crippen LogP contribution < -0.4 is 15.0 Å². The van der Waals surface area contributed by atoms with Crippen LogP contribution in [0.5, 0.6) is 11.5 Å². The van der Waals surface area contributed by atoms with E-state index in [1.807, 2.05) is 37.3 Å². The Labute approximate surface area is 180 Å². The first-order valence-electron chi connectivity index (χ1n) is 9.69. The molecule has 0 unspecified atom stereocenters. The maximum Gasteiger partial charge on any atom is 0.229 e. The SMILES string of the molecule is Cc1ccc(Oc2ccc(NC(=O)[C@@H]3CC(=O)N(c4cccc(Cl)c4)C3)cc2)cc1. The zero-order valence-electron chi connectivity index (χ0n) is 16.5. The lowest BCUT2D eigenvalue weighted by atomic mass is 10.1. The van der Waals surface area contributed by atoms with Gasteiger partial charge in [-0.3, -0.25) is 9.59 Å². The lowest BCUT2D eigenvalue weighted by Crippen LogP contribution is -2.28. The van der Waals surface area contributed by atoms with Crippen molar-refractivity contribution < 1.29 is 14.3 Å². The molecule has 30 heavy (non-hydrogen) atoms. The number of anilines is 2. The number of hydrogen-bond donors (Lipinski definition) is 1. The van der Waals surface area contributed by atoms with Gasteiger partial charge in [0.1, 0.15) is 11.5 Å². The Morgan fingerprint density at radius 1 is 1.03 bits per heavy atom. The first kappa shape index (κ1) is 20.0. The number of aryl methyl sites for hydroxylation is 1. The predicted octanol–water partition coefficient (Wildman–Crippen LogP) is 5.43. The Balaban J connectivity index is 1.37. The van der Waals surface area contributed by atoms with Crippen molar-refractivity contribution in [1.29, 1.82) is 0 Å². The van der Waals surface area contributed by atoms with E-state index >= 15 is 0 Å². The second-order valence-electron chi connectivity index (χ2n) is 7.31. The number of benzene rings is 3. The molecule has 3 aromatic rings. The van der Waals surface area contributed by atoms with Gasteiger partial charge in [0.2, 0.25) is 11.8 Å². The summed E-state index contributed by atoms with van der Waals surface area (Å²) in [6, 6.07) is 22.0. The van der Waals surface area contributed by atoms with Crippen LogP contribution in [-0.2, 0) is 9.59 Å². The fourth-order valence-corrected chi connectivity index (χ4v) is 3.55. The Hall–Kier alpha value is -3.31. The first-order chi connectivity index (χ1) is 14.5. The van der Waals surface area contributed by atoms with Crippen LogP contribution in [0.2, 0.25) is 5.02 Å². The van der Waals surface area contributed by atoms with E-state index in [0.717, 1.165) is 5.75 Å². The van der Waals surface area contributed by atoms with Gasteiger partial charge in [0.05, 0.1) is 5.92 Å². The molecular weight excluding hydrogens is 400 g/mol. The van der Waals surface area contributed by atoms with Gasteiger partial charge in [0, 0.05) is 29.4 Å². The topological polar surface area (TPSA) is 58.6 Å². The second kappa shape index (κ2) is 8.59. The van der Waals surface area contributed by atoms with E-state index in [0.29, 0.717) is 28.7 Å². The van der Waals surface area contributed by atoms with Crippen LogP contribution in [0.25, 0.3) is 0 Å². The molecule has 1 aliphatic rings. The van der Waals surface area contributed by atoms with Crippen LogP contribution in [-0.4, -0.2) is 18.4 Å². The predicted molar refractivity (Wildman–Crippen MR) is 118 cm³/mol. The summed E-state index contributed by atoms with van der Waals surface area (Å²) in [5, 5.41) is 3.44. The third kappa shape index (κ3) is 4.63. The molecular formula is C24H21ClN2O3. The molecule has 1 aliphatic heterocycles. The summed E-state index contributed by atoms with van der Waals surface area (Å²) in [6.45, 7) is 2.35. The van der Waals surface area contributed by atoms with Gasteiger partial charge in [-0.2, -0.15) is 0 Å². The molecule has 152 valence electrons. The van der Waals surface area contributed by atoms with Crippen molar-refractivity contribution in [2.24, 2.45) is 5.92 Å². The minimum atomic E-state index is -0.417. The minimum absolute atomic E-state index is 0.0840. The normalized spacial score (nSPS) is 15.9. The van der Waals surface area contributed by atoms with Crippen molar-refractivity contribution in [2.75, 3.05) is 16.8 Å². The van der Waals surface area contributed by atoms with Gasteiger partial charge in [-0.25, -0.2) is 0 Å². The summed E-state index contributed by atoms with van der Waals surface area (Å²) in [6.07, 6.45) is 0.174. The highest BCUT2D eigenvalue weighted by Gasteiger charge is 2.35. The largest absolute Gasteiger partial charge is 0.457 e. The Bertz CT molecular complexity index is 1060. The molecule has 0 aromatic heterocycles. The highest BCUT2D eigenvalue weighted by molar-refractivity contribution is 6.31. The van der Waals surface area contributed by atoms with E-state index < -0.39 is 5.92 Å². The maximum absolute atomic E-state index is 12.7. The van der Waals surface area contributed by atoms with Gasteiger partial charge in [-0.15, -0.1) is 0 Å². The lowest BCUT2D eigenvalue weighted by molar-refractivity contribution is -0.122. The van der Waals surface area contributed by atoms with Crippen LogP contribution in [0.1, 0.15) is 12.0 Å². The van der Waals surface area contributed by atoms with Crippen molar-refractivity contribution in [3.63, 3.8) is 0 Å². The quantitative estimate of drug-likeness (QED) is 0.598. The zero-order chi connectivity index (χ0) is 21.1. The van der Waals surface area contributed by atoms with Crippen molar-refractivity contribution in [3.8, 4) is 11.5 Å². The number of nitrogens with one attached hydrogen (secondary N) is 1. The molecule has 6 heteroatoms. The Morgan fingerprint density at radius 3 is 2.37 bits per heavy atom. The number of carbonyl (C=O) groups excluding carboxylic acids is 2. The van der Waals surface area contributed by atoms with Crippen LogP contribution in [0.3, 0.4) is 0 Å². The summed E-state index contributed by atoms with van der Waals surface area (Å²) in [5.74, 6) is 0.752. The molecule has 4 rings (SSSR count). The molecule has 0 spiro atoms. The molecule has 1 fully saturated rings. The molecule has 1 saturated heterocycles. The summed E-state index contributed by atoms with van der Waals surface area (Å²) < 4.78 is 5.81. The third-order valence-corrected chi connectivity index (χ3v) is 5.23. The van der Waals surface area contributed by atoms with Crippen LogP contribution in [0.4, 0.5) is 11.4 Å². The number of ether oxygens (including phenoxy) is 1. The fraction of sp³-hybridized carbons (Fsp3) is 0.167. The molecule has 1 atom stereocenters. The monoisotopic (exact) mass is 420 g/mol. The van der Waals surface area contributed by atoms with E-state index in [1.54, 1.807) is 47.4 Å². The Morgan fingerprint density at radius 2 is 1.70 bits per heavy atom. The summed E-state index contributed by atoms with van der Waals surface area (Å²) in [4.78, 5) is 26.6. The molecule has 0 aliphatic carbocycles. The lowest BCUT2D eigenvalue weighted by Gasteiger charge is -2.17. The van der Waals surface area contributed by atoms with Gasteiger partial charge in [-0.05, 0) is 61.5 Å². The van der Waals surface area contributed by atoms with Crippen molar-refractivity contribution in [2.45, 2.75) is 13.3 Å². The number of carbonyl (C=O) groups is 2. The molecule has 0 saturated carbocycles. The molecule has 3 aromatic carbocycles. The smallest absolute Gasteiger partial charge is 0.229 e. The van der Waals surface area contributed by atoms with E-state index in [2.05, 4.69) is 5.32 Å². The third-order valence-electron chi connectivity index (χ3n) is 4.99. The highest BCUT2D eigenvalue weighted by atomic mass is 35.5. The highest BCUT2D eigenvalue weighted by Crippen LogP contribution is 2.28. The average molecular weight is 421 g/mol. The van der Waals surface area contributed by atoms with Gasteiger partial charge in [0.15, 0.2) is 0 Å². The molecule has 0 radical (unpaired) electrons. The molecule has 5 nitrogen and oxygen atoms in total. The van der Waals surface area contributed by atoms with Gasteiger partial charge in [0.25, 0.3) is 0 Å². The zero-order valence-corrected chi connectivity index (χ0v) is 17.2. The van der Waals surface area contributed by atoms with Crippen LogP contribution >= 0.6 is 11.6 Å². The standard InChI is InChI=1S/C24H21ClN2O3/c1-16-5-9-21(10-6-16)30-22-11-7-19(8-12-22)26-24(29)17-13-23(28)27(15-17)20-4-2-3-18(25)14-20/h2-12,14,17H,13,15H2,1H3,(H,26,29)/t17-/m1/s1. The van der Waals surface area contributed by atoms with Gasteiger partial charge in [-0.1, -0.05) is 35.4 Å². The number of amides is 2. The number of nitrogens with zero attached hydrogens (tertiary/aromatic N) is 1. The average Bonchev–Trinajstić information content (AvgIpc) is 3.13. The molecule has 0 bridgehead atoms. The van der Waals surface area contributed by atoms with Gasteiger partial charge < -0.3 is 15.0 Å². The second-order valence-corrected chi connectivity index (χ2v) is 7.75. The number of hydrogen-bond acceptors (Lipinski definition) is 3. The van der Waals surface area contributed by atoms with Crippen molar-refractivity contribution in [3.05, 3.63) is 83.4 Å². The van der Waals surface area contributed by atoms with Gasteiger partial charge >= 0.3 is 0 Å². The van der Waals surface area contributed by atoms with E-state index in [-0.39, 0.29) is 18.2 Å². The van der Waals surface area contributed by atoms with Crippen LogP contribution in [0.15, 0.2) is 72.8 Å². The number of halogens is 1. The van der Waals surface area contributed by atoms with E-state index in [9.17, 15) is 9.59 Å². The molecule has 1 heterocycles. The van der Waals surface area contributed by atoms with E-state index in [1.165, 1.54) is 5.56 Å². The van der Waals surface area contributed by atoms with Crippen LogP contribution in [0, 0.1) is 12.8 Å². The fourth-order valence-electron chi connectivity index (χ4n) is 3.37. The summed E-state index contributed by atoms with van der Waals surface area (Å²) in [5.41, 5.74) is 2.53. The molecule has 1 N–H and O–H groups in total. The summed E-state index contributed by atoms with van der Waals surface area (Å²) >= 11 is 6.02. The minimum Gasteiger partial charge on any atom is -0.457 e. The maximum atomic E-state index is 12.7. The summed E-state index contributed by atoms with van der Waals surface area (Å²) in [7, 11) is 0. The Kier molecular flexibility index (Phi) is 5.72. The first-order valence-corrected chi connectivity index (χ1v) is 10.1. The number of rotatable bonds is 5. The van der Waals surface area contributed by atoms with Crippen molar-refractivity contribution >= 4 is 34.8 Å². The van der Waals surface area contributed by atoms with E-state index in [4.69, 9.17) is 16.3 Å². The van der Waals surface area contributed by atoms with Crippen molar-refractivity contribution in [1.82, 2.24) is 0 Å².